The third-order valence-corrected chi connectivity index (χ3v) is 1.56. The number of nitrogens with one attached hydrogen (secondary N) is 2. The SMILES string of the molecule is CONCc1nc(C)c(C)[nH]1. The van der Waals surface area contributed by atoms with Gasteiger partial charge in [-0.2, -0.15) is 5.48 Å². The third kappa shape index (κ3) is 2.03. The largest absolute Gasteiger partial charge is 0.345 e. The first-order valence-corrected chi connectivity index (χ1v) is 3.52. The average molecular weight is 155 g/mol. The first kappa shape index (κ1) is 8.23. The lowest BCUT2D eigenvalue weighted by molar-refractivity contribution is 0.0850. The van der Waals surface area contributed by atoms with Gasteiger partial charge in [0.2, 0.25) is 0 Å². The molecule has 4 nitrogen and oxygen atoms in total. The summed E-state index contributed by atoms with van der Waals surface area (Å²) in [5, 5.41) is 0. The molecule has 4 heteroatoms. The normalized spacial score (nSPS) is 10.5. The van der Waals surface area contributed by atoms with Crippen molar-refractivity contribution < 1.29 is 4.84 Å². The summed E-state index contributed by atoms with van der Waals surface area (Å²) in [6.45, 7) is 4.59. The maximum atomic E-state index is 4.68. The molecular formula is C7H13N3O. The average Bonchev–Trinajstić information content (AvgIpc) is 2.28. The van der Waals surface area contributed by atoms with E-state index in [4.69, 9.17) is 0 Å². The molecule has 0 atom stereocenters. The molecule has 0 aliphatic carbocycles. The van der Waals surface area contributed by atoms with E-state index in [0.717, 1.165) is 17.2 Å². The lowest BCUT2D eigenvalue weighted by Crippen LogP contribution is -2.11. The molecule has 0 saturated heterocycles. The summed E-state index contributed by atoms with van der Waals surface area (Å²) in [5.41, 5.74) is 4.86. The Balaban J connectivity index is 2.58. The van der Waals surface area contributed by atoms with Crippen molar-refractivity contribution in [2.45, 2.75) is 20.4 Å². The van der Waals surface area contributed by atoms with Crippen LogP contribution in [-0.2, 0) is 11.4 Å². The second-order valence-corrected chi connectivity index (χ2v) is 2.42. The molecule has 0 radical (unpaired) electrons. The minimum absolute atomic E-state index is 0.616. The van der Waals surface area contributed by atoms with Gasteiger partial charge in [0.15, 0.2) is 0 Å². The molecule has 1 rings (SSSR count). The molecule has 0 aromatic carbocycles. The van der Waals surface area contributed by atoms with Crippen LogP contribution in [0.2, 0.25) is 0 Å². The van der Waals surface area contributed by atoms with Crippen LogP contribution in [0.4, 0.5) is 0 Å². The molecule has 1 heterocycles. The van der Waals surface area contributed by atoms with E-state index in [-0.39, 0.29) is 0 Å². The molecule has 0 saturated carbocycles. The van der Waals surface area contributed by atoms with Crippen LogP contribution in [0.3, 0.4) is 0 Å². The number of hydrogen-bond donors (Lipinski definition) is 2. The fourth-order valence-corrected chi connectivity index (χ4v) is 0.845. The minimum atomic E-state index is 0.616. The number of aromatic nitrogens is 2. The Bertz CT molecular complexity index is 212. The van der Waals surface area contributed by atoms with E-state index >= 15 is 0 Å². The van der Waals surface area contributed by atoms with Gasteiger partial charge in [0.05, 0.1) is 19.3 Å². The molecule has 0 aliphatic rings. The highest BCUT2D eigenvalue weighted by molar-refractivity contribution is 5.10. The standard InChI is InChI=1S/C7H13N3O/c1-5-6(2)10-7(9-5)4-8-11-3/h8H,4H2,1-3H3,(H,9,10). The highest BCUT2D eigenvalue weighted by atomic mass is 16.6. The Morgan fingerprint density at radius 3 is 2.73 bits per heavy atom. The van der Waals surface area contributed by atoms with Crippen molar-refractivity contribution in [2.24, 2.45) is 0 Å². The predicted molar refractivity (Wildman–Crippen MR) is 41.9 cm³/mol. The maximum absolute atomic E-state index is 4.68. The van der Waals surface area contributed by atoms with Gasteiger partial charge in [-0.15, -0.1) is 0 Å². The number of H-pyrrole nitrogens is 1. The van der Waals surface area contributed by atoms with E-state index in [9.17, 15) is 0 Å². The molecule has 1 aromatic rings. The Hall–Kier alpha value is -0.870. The summed E-state index contributed by atoms with van der Waals surface area (Å²) < 4.78 is 0. The van der Waals surface area contributed by atoms with Gasteiger partial charge in [-0.1, -0.05) is 0 Å². The van der Waals surface area contributed by atoms with Gasteiger partial charge >= 0.3 is 0 Å². The molecule has 0 spiro atoms. The maximum Gasteiger partial charge on any atom is 0.122 e. The lowest BCUT2D eigenvalue weighted by Gasteiger charge is -1.95. The molecule has 1 aromatic heterocycles. The number of nitrogens with zero attached hydrogens (tertiary/aromatic N) is 1. The summed E-state index contributed by atoms with van der Waals surface area (Å²) >= 11 is 0. The van der Waals surface area contributed by atoms with Crippen LogP contribution in [0.5, 0.6) is 0 Å². The van der Waals surface area contributed by atoms with Crippen LogP contribution in [0.25, 0.3) is 0 Å². The van der Waals surface area contributed by atoms with Crippen LogP contribution >= 0.6 is 0 Å². The molecule has 0 amide bonds. The number of imidazole rings is 1. The van der Waals surface area contributed by atoms with Crippen molar-refractivity contribution >= 4 is 0 Å². The Kier molecular flexibility index (Phi) is 2.62. The van der Waals surface area contributed by atoms with Crippen LogP contribution in [0, 0.1) is 13.8 Å². The monoisotopic (exact) mass is 155 g/mol. The summed E-state index contributed by atoms with van der Waals surface area (Å²) in [6.07, 6.45) is 0. The highest BCUT2D eigenvalue weighted by Gasteiger charge is 2.00. The van der Waals surface area contributed by atoms with Crippen molar-refractivity contribution in [3.63, 3.8) is 0 Å². The number of aromatic amines is 1. The van der Waals surface area contributed by atoms with E-state index in [1.165, 1.54) is 0 Å². The van der Waals surface area contributed by atoms with Crippen molar-refractivity contribution in [2.75, 3.05) is 7.11 Å². The molecule has 11 heavy (non-hydrogen) atoms. The van der Waals surface area contributed by atoms with Crippen molar-refractivity contribution in [3.8, 4) is 0 Å². The smallest absolute Gasteiger partial charge is 0.122 e. The van der Waals surface area contributed by atoms with Gasteiger partial charge in [0.1, 0.15) is 5.82 Å². The first-order chi connectivity index (χ1) is 5.24. The van der Waals surface area contributed by atoms with E-state index < -0.39 is 0 Å². The lowest BCUT2D eigenvalue weighted by atomic mass is 10.4. The summed E-state index contributed by atoms with van der Waals surface area (Å²) in [5.74, 6) is 0.904. The Labute approximate surface area is 65.9 Å². The van der Waals surface area contributed by atoms with E-state index in [0.29, 0.717) is 6.54 Å². The molecule has 0 unspecified atom stereocenters. The first-order valence-electron chi connectivity index (χ1n) is 3.52. The fraction of sp³-hybridized carbons (Fsp3) is 0.571. The number of rotatable bonds is 3. The zero-order chi connectivity index (χ0) is 8.27. The van der Waals surface area contributed by atoms with Gasteiger partial charge in [-0.25, -0.2) is 4.98 Å². The molecule has 0 bridgehead atoms. The Morgan fingerprint density at radius 2 is 2.27 bits per heavy atom. The van der Waals surface area contributed by atoms with E-state index in [1.807, 2.05) is 13.8 Å². The molecular weight excluding hydrogens is 142 g/mol. The quantitative estimate of drug-likeness (QED) is 0.631. The fourth-order valence-electron chi connectivity index (χ4n) is 0.845. The topological polar surface area (TPSA) is 49.9 Å². The van der Waals surface area contributed by atoms with Gasteiger partial charge in [0.25, 0.3) is 0 Å². The van der Waals surface area contributed by atoms with E-state index in [2.05, 4.69) is 20.3 Å². The molecule has 2 N–H and O–H groups in total. The summed E-state index contributed by atoms with van der Waals surface area (Å²) in [6, 6.07) is 0. The zero-order valence-corrected chi connectivity index (χ0v) is 7.06. The van der Waals surface area contributed by atoms with Crippen molar-refractivity contribution in [3.05, 3.63) is 17.2 Å². The second kappa shape index (κ2) is 3.50. The van der Waals surface area contributed by atoms with Crippen LogP contribution in [0.15, 0.2) is 0 Å². The minimum Gasteiger partial charge on any atom is -0.345 e. The van der Waals surface area contributed by atoms with Crippen molar-refractivity contribution in [1.82, 2.24) is 15.4 Å². The van der Waals surface area contributed by atoms with Gasteiger partial charge in [-0.05, 0) is 13.8 Å². The van der Waals surface area contributed by atoms with Crippen LogP contribution < -0.4 is 5.48 Å². The van der Waals surface area contributed by atoms with Crippen LogP contribution in [0.1, 0.15) is 17.2 Å². The van der Waals surface area contributed by atoms with Gasteiger partial charge in [0, 0.05) is 5.69 Å². The van der Waals surface area contributed by atoms with E-state index in [1.54, 1.807) is 7.11 Å². The highest BCUT2D eigenvalue weighted by Crippen LogP contribution is 2.01. The molecule has 0 fully saturated rings. The second-order valence-electron chi connectivity index (χ2n) is 2.42. The molecule has 62 valence electrons. The number of hydrogen-bond acceptors (Lipinski definition) is 3. The van der Waals surface area contributed by atoms with Gasteiger partial charge in [-0.3, -0.25) is 0 Å². The Morgan fingerprint density at radius 1 is 1.55 bits per heavy atom. The van der Waals surface area contributed by atoms with Gasteiger partial charge < -0.3 is 9.82 Å². The summed E-state index contributed by atoms with van der Waals surface area (Å²) in [7, 11) is 1.59. The number of aryl methyl sites for hydroxylation is 2. The number of hydroxylamine groups is 1. The third-order valence-electron chi connectivity index (χ3n) is 1.56. The molecule has 0 aliphatic heterocycles. The van der Waals surface area contributed by atoms with Crippen LogP contribution in [-0.4, -0.2) is 17.1 Å². The zero-order valence-electron chi connectivity index (χ0n) is 7.06. The predicted octanol–water partition coefficient (Wildman–Crippen LogP) is 0.678. The van der Waals surface area contributed by atoms with Crippen molar-refractivity contribution in [1.29, 1.82) is 0 Å². The summed E-state index contributed by atoms with van der Waals surface area (Å²) in [4.78, 5) is 12.1.